The minimum atomic E-state index is -0.735. The van der Waals surface area contributed by atoms with Gasteiger partial charge in [-0.25, -0.2) is 0 Å². The molecule has 0 radical (unpaired) electrons. The van der Waals surface area contributed by atoms with E-state index in [4.69, 9.17) is 5.11 Å². The van der Waals surface area contributed by atoms with Gasteiger partial charge in [-0.1, -0.05) is 6.07 Å². The van der Waals surface area contributed by atoms with Crippen molar-refractivity contribution in [3.63, 3.8) is 0 Å². The summed E-state index contributed by atoms with van der Waals surface area (Å²) >= 11 is 0. The highest BCUT2D eigenvalue weighted by Gasteiger charge is 2.00. The smallest absolute Gasteiger partial charge is 0.303 e. The molecule has 1 aromatic heterocycles. The first-order chi connectivity index (χ1) is 6.20. The number of carboxylic acids is 1. The predicted molar refractivity (Wildman–Crippen MR) is 49.5 cm³/mol. The minimum Gasteiger partial charge on any atom is -0.481 e. The van der Waals surface area contributed by atoms with E-state index in [9.17, 15) is 4.79 Å². The lowest BCUT2D eigenvalue weighted by atomic mass is 10.1. The van der Waals surface area contributed by atoms with Crippen molar-refractivity contribution in [1.29, 1.82) is 0 Å². The Hall–Kier alpha value is -1.38. The molecule has 1 N–H and O–H groups in total. The molecule has 0 saturated carbocycles. The van der Waals surface area contributed by atoms with Gasteiger partial charge < -0.3 is 5.11 Å². The summed E-state index contributed by atoms with van der Waals surface area (Å²) < 4.78 is 0. The van der Waals surface area contributed by atoms with Crippen LogP contribution >= 0.6 is 0 Å². The number of hydrogen-bond acceptors (Lipinski definition) is 2. The van der Waals surface area contributed by atoms with Gasteiger partial charge in [-0.05, 0) is 31.4 Å². The molecule has 70 valence electrons. The molecule has 0 aliphatic rings. The number of rotatable bonds is 4. The summed E-state index contributed by atoms with van der Waals surface area (Å²) in [4.78, 5) is 14.4. The molecule has 1 aromatic rings. The molecule has 0 atom stereocenters. The normalized spacial score (nSPS) is 9.92. The molecular weight excluding hydrogens is 166 g/mol. The Bertz CT molecular complexity index is 297. The summed E-state index contributed by atoms with van der Waals surface area (Å²) in [6.07, 6.45) is 3.46. The number of hydrogen-bond donors (Lipinski definition) is 1. The van der Waals surface area contributed by atoms with Crippen LogP contribution in [0.4, 0.5) is 0 Å². The van der Waals surface area contributed by atoms with Gasteiger partial charge in [0.1, 0.15) is 0 Å². The van der Waals surface area contributed by atoms with Crippen LogP contribution in [-0.2, 0) is 11.2 Å². The van der Waals surface area contributed by atoms with E-state index in [0.717, 1.165) is 17.7 Å². The van der Waals surface area contributed by atoms with E-state index in [-0.39, 0.29) is 6.42 Å². The molecule has 0 unspecified atom stereocenters. The van der Waals surface area contributed by atoms with E-state index in [0.29, 0.717) is 6.42 Å². The average molecular weight is 179 g/mol. The molecule has 1 rings (SSSR count). The van der Waals surface area contributed by atoms with E-state index in [1.54, 1.807) is 6.20 Å². The van der Waals surface area contributed by atoms with Crippen LogP contribution in [-0.4, -0.2) is 16.1 Å². The van der Waals surface area contributed by atoms with Crippen molar-refractivity contribution in [1.82, 2.24) is 4.98 Å². The monoisotopic (exact) mass is 179 g/mol. The van der Waals surface area contributed by atoms with Gasteiger partial charge in [0.25, 0.3) is 0 Å². The third-order valence-electron chi connectivity index (χ3n) is 1.95. The van der Waals surface area contributed by atoms with Crippen LogP contribution in [0.25, 0.3) is 0 Å². The fourth-order valence-corrected chi connectivity index (χ4v) is 1.21. The first-order valence-electron chi connectivity index (χ1n) is 4.32. The second kappa shape index (κ2) is 4.60. The molecule has 0 aromatic carbocycles. The Morgan fingerprint density at radius 1 is 1.62 bits per heavy atom. The zero-order valence-electron chi connectivity index (χ0n) is 7.66. The Labute approximate surface area is 77.4 Å². The number of aryl methyl sites for hydroxylation is 2. The molecule has 0 saturated heterocycles. The van der Waals surface area contributed by atoms with Gasteiger partial charge >= 0.3 is 5.97 Å². The fraction of sp³-hybridized carbons (Fsp3) is 0.400. The van der Waals surface area contributed by atoms with Crippen molar-refractivity contribution in [2.24, 2.45) is 0 Å². The maximum absolute atomic E-state index is 10.3. The lowest BCUT2D eigenvalue weighted by Crippen LogP contribution is -1.97. The number of nitrogens with zero attached hydrogens (tertiary/aromatic N) is 1. The van der Waals surface area contributed by atoms with Crippen molar-refractivity contribution >= 4 is 5.97 Å². The molecule has 3 heteroatoms. The average Bonchev–Trinajstić information content (AvgIpc) is 2.08. The quantitative estimate of drug-likeness (QED) is 0.766. The Kier molecular flexibility index (Phi) is 3.43. The summed E-state index contributed by atoms with van der Waals surface area (Å²) in [7, 11) is 0. The summed E-state index contributed by atoms with van der Waals surface area (Å²) in [6, 6.07) is 3.87. The predicted octanol–water partition coefficient (Wildman–Crippen LogP) is 1.80. The van der Waals surface area contributed by atoms with E-state index < -0.39 is 5.97 Å². The maximum atomic E-state index is 10.3. The lowest BCUT2D eigenvalue weighted by molar-refractivity contribution is -0.137. The summed E-state index contributed by atoms with van der Waals surface area (Å²) in [6.45, 7) is 1.94. The van der Waals surface area contributed by atoms with Crippen LogP contribution in [0, 0.1) is 6.92 Å². The zero-order valence-corrected chi connectivity index (χ0v) is 7.66. The van der Waals surface area contributed by atoms with Gasteiger partial charge in [0.2, 0.25) is 0 Å². The first kappa shape index (κ1) is 9.71. The molecule has 0 bridgehead atoms. The molecule has 0 amide bonds. The number of aromatic nitrogens is 1. The standard InChI is InChI=1S/C10H13NO2/c1-8-9(5-3-7-11-8)4-2-6-10(12)13/h3,5,7H,2,4,6H2,1H3,(H,12,13). The van der Waals surface area contributed by atoms with Gasteiger partial charge in [0.05, 0.1) is 0 Å². The number of pyridine rings is 1. The second-order valence-corrected chi connectivity index (χ2v) is 3.00. The van der Waals surface area contributed by atoms with Crippen molar-refractivity contribution in [2.45, 2.75) is 26.2 Å². The minimum absolute atomic E-state index is 0.230. The summed E-state index contributed by atoms with van der Waals surface area (Å²) in [5.74, 6) is -0.735. The van der Waals surface area contributed by atoms with Crippen molar-refractivity contribution in [3.05, 3.63) is 29.6 Å². The van der Waals surface area contributed by atoms with Crippen LogP contribution in [0.1, 0.15) is 24.1 Å². The van der Waals surface area contributed by atoms with Crippen LogP contribution in [0.5, 0.6) is 0 Å². The summed E-state index contributed by atoms with van der Waals surface area (Å²) in [5, 5.41) is 8.45. The molecule has 1 heterocycles. The SMILES string of the molecule is Cc1ncccc1CCCC(=O)O. The lowest BCUT2D eigenvalue weighted by Gasteiger charge is -2.02. The topological polar surface area (TPSA) is 50.2 Å². The maximum Gasteiger partial charge on any atom is 0.303 e. The third-order valence-corrected chi connectivity index (χ3v) is 1.95. The van der Waals surface area contributed by atoms with E-state index in [1.807, 2.05) is 19.1 Å². The highest BCUT2D eigenvalue weighted by molar-refractivity contribution is 5.66. The highest BCUT2D eigenvalue weighted by atomic mass is 16.4. The van der Waals surface area contributed by atoms with Crippen molar-refractivity contribution in [2.75, 3.05) is 0 Å². The first-order valence-corrected chi connectivity index (χ1v) is 4.32. The second-order valence-electron chi connectivity index (χ2n) is 3.00. The highest BCUT2D eigenvalue weighted by Crippen LogP contribution is 2.07. The number of aliphatic carboxylic acids is 1. The summed E-state index contributed by atoms with van der Waals surface area (Å²) in [5.41, 5.74) is 2.14. The van der Waals surface area contributed by atoms with Crippen LogP contribution in [0.2, 0.25) is 0 Å². The van der Waals surface area contributed by atoms with Crippen LogP contribution in [0.15, 0.2) is 18.3 Å². The zero-order chi connectivity index (χ0) is 9.68. The molecule has 0 aliphatic carbocycles. The van der Waals surface area contributed by atoms with Crippen molar-refractivity contribution < 1.29 is 9.90 Å². The molecule has 0 aliphatic heterocycles. The fourth-order valence-electron chi connectivity index (χ4n) is 1.21. The van der Waals surface area contributed by atoms with Gasteiger partial charge in [0.15, 0.2) is 0 Å². The van der Waals surface area contributed by atoms with E-state index >= 15 is 0 Å². The third kappa shape index (κ3) is 3.23. The number of carbonyl (C=O) groups is 1. The molecular formula is C10H13NO2. The molecule has 0 spiro atoms. The molecule has 3 nitrogen and oxygen atoms in total. The molecule has 13 heavy (non-hydrogen) atoms. The Balaban J connectivity index is 2.45. The van der Waals surface area contributed by atoms with Crippen molar-refractivity contribution in [3.8, 4) is 0 Å². The Morgan fingerprint density at radius 3 is 3.00 bits per heavy atom. The Morgan fingerprint density at radius 2 is 2.38 bits per heavy atom. The van der Waals surface area contributed by atoms with Gasteiger partial charge in [-0.3, -0.25) is 9.78 Å². The largest absolute Gasteiger partial charge is 0.481 e. The number of carboxylic acid groups (broad SMARTS) is 1. The van der Waals surface area contributed by atoms with Gasteiger partial charge in [-0.15, -0.1) is 0 Å². The van der Waals surface area contributed by atoms with Crippen LogP contribution in [0.3, 0.4) is 0 Å². The van der Waals surface area contributed by atoms with Crippen LogP contribution < -0.4 is 0 Å². The van der Waals surface area contributed by atoms with E-state index in [1.165, 1.54) is 0 Å². The molecule has 0 fully saturated rings. The van der Waals surface area contributed by atoms with Gasteiger partial charge in [0, 0.05) is 18.3 Å². The van der Waals surface area contributed by atoms with E-state index in [2.05, 4.69) is 4.98 Å². The van der Waals surface area contributed by atoms with Gasteiger partial charge in [-0.2, -0.15) is 0 Å².